The molecule has 1 saturated heterocycles. The fourth-order valence-corrected chi connectivity index (χ4v) is 1.56. The smallest absolute Gasteiger partial charge is 0.0325 e. The van der Waals surface area contributed by atoms with Crippen LogP contribution in [0, 0.1) is 0 Å². The van der Waals surface area contributed by atoms with Crippen molar-refractivity contribution in [2.24, 2.45) is 0 Å². The lowest BCUT2D eigenvalue weighted by molar-refractivity contribution is 0.0861. The van der Waals surface area contributed by atoms with Crippen LogP contribution < -0.4 is 5.32 Å². The zero-order chi connectivity index (χ0) is 9.14. The Morgan fingerprint density at radius 1 is 1.33 bits per heavy atom. The summed E-state index contributed by atoms with van der Waals surface area (Å²) in [6, 6.07) is 2.16. The molecule has 0 aliphatic carbocycles. The molecule has 12 heavy (non-hydrogen) atoms. The van der Waals surface area contributed by atoms with E-state index in [0.29, 0.717) is 6.04 Å². The number of nitrogens with one attached hydrogen (secondary N) is 1. The summed E-state index contributed by atoms with van der Waals surface area (Å²) < 4.78 is 0. The zero-order valence-corrected chi connectivity index (χ0v) is 8.80. The summed E-state index contributed by atoms with van der Waals surface area (Å²) in [7, 11) is 0. The van der Waals surface area contributed by atoms with Gasteiger partial charge in [0.2, 0.25) is 0 Å². The fraction of sp³-hybridized carbons (Fsp3) is 1.00. The van der Waals surface area contributed by atoms with Gasteiger partial charge in [0.05, 0.1) is 0 Å². The monoisotopic (exact) mass is 170 g/mol. The minimum atomic E-state index is 0.685. The first-order valence-electron chi connectivity index (χ1n) is 5.13. The quantitative estimate of drug-likeness (QED) is 0.687. The molecule has 0 aromatic carbocycles. The molecule has 1 fully saturated rings. The van der Waals surface area contributed by atoms with E-state index in [4.69, 9.17) is 0 Å². The van der Waals surface area contributed by atoms with Crippen molar-refractivity contribution in [1.29, 1.82) is 0 Å². The molecule has 1 unspecified atom stereocenters. The standard InChI is InChI=1S/C10H22N2/c1-5-9(4)11-10-6-12(7-10)8(2)3/h8-11H,5-7H2,1-4H3. The van der Waals surface area contributed by atoms with Crippen LogP contribution in [0.3, 0.4) is 0 Å². The molecule has 0 aromatic heterocycles. The summed E-state index contributed by atoms with van der Waals surface area (Å²) >= 11 is 0. The van der Waals surface area contributed by atoms with Crippen LogP contribution in [0.15, 0.2) is 0 Å². The van der Waals surface area contributed by atoms with Crippen molar-refractivity contribution in [3.05, 3.63) is 0 Å². The SMILES string of the molecule is CCC(C)NC1CN(C(C)C)C1. The number of rotatable bonds is 4. The van der Waals surface area contributed by atoms with Crippen LogP contribution in [0.5, 0.6) is 0 Å². The van der Waals surface area contributed by atoms with Gasteiger partial charge in [0.25, 0.3) is 0 Å². The maximum absolute atomic E-state index is 3.61. The summed E-state index contributed by atoms with van der Waals surface area (Å²) in [5, 5.41) is 3.61. The number of hydrogen-bond donors (Lipinski definition) is 1. The molecule has 1 atom stereocenters. The zero-order valence-electron chi connectivity index (χ0n) is 8.80. The second-order valence-corrected chi connectivity index (χ2v) is 4.22. The van der Waals surface area contributed by atoms with Gasteiger partial charge in [-0.2, -0.15) is 0 Å². The fourth-order valence-electron chi connectivity index (χ4n) is 1.56. The molecule has 0 spiro atoms. The van der Waals surface area contributed by atoms with E-state index in [0.717, 1.165) is 12.1 Å². The highest BCUT2D eigenvalue weighted by Crippen LogP contribution is 2.12. The Bertz CT molecular complexity index is 128. The summed E-state index contributed by atoms with van der Waals surface area (Å²) in [4.78, 5) is 2.50. The van der Waals surface area contributed by atoms with Crippen LogP contribution in [0.4, 0.5) is 0 Å². The Labute approximate surface area is 76.3 Å². The minimum Gasteiger partial charge on any atom is -0.309 e. The van der Waals surface area contributed by atoms with Gasteiger partial charge in [-0.25, -0.2) is 0 Å². The molecule has 2 heteroatoms. The molecular formula is C10H22N2. The first-order chi connectivity index (χ1) is 5.63. The Hall–Kier alpha value is -0.0800. The lowest BCUT2D eigenvalue weighted by Crippen LogP contribution is -2.61. The van der Waals surface area contributed by atoms with Crippen LogP contribution >= 0.6 is 0 Å². The summed E-state index contributed by atoms with van der Waals surface area (Å²) in [6.45, 7) is 11.5. The van der Waals surface area contributed by atoms with Crippen molar-refractivity contribution in [2.75, 3.05) is 13.1 Å². The number of hydrogen-bond acceptors (Lipinski definition) is 2. The second kappa shape index (κ2) is 4.24. The van der Waals surface area contributed by atoms with Crippen molar-refractivity contribution in [2.45, 2.75) is 52.2 Å². The van der Waals surface area contributed by atoms with Crippen molar-refractivity contribution in [3.63, 3.8) is 0 Å². The lowest BCUT2D eigenvalue weighted by Gasteiger charge is -2.43. The predicted molar refractivity (Wildman–Crippen MR) is 53.4 cm³/mol. The molecule has 0 radical (unpaired) electrons. The molecule has 0 aromatic rings. The second-order valence-electron chi connectivity index (χ2n) is 4.22. The van der Waals surface area contributed by atoms with E-state index in [9.17, 15) is 0 Å². The molecule has 1 aliphatic heterocycles. The Balaban J connectivity index is 2.09. The Morgan fingerprint density at radius 2 is 1.92 bits per heavy atom. The third kappa shape index (κ3) is 2.46. The van der Waals surface area contributed by atoms with E-state index in [1.165, 1.54) is 19.5 Å². The molecular weight excluding hydrogens is 148 g/mol. The first-order valence-corrected chi connectivity index (χ1v) is 5.13. The molecule has 0 bridgehead atoms. The molecule has 1 aliphatic rings. The highest BCUT2D eigenvalue weighted by Gasteiger charge is 2.28. The van der Waals surface area contributed by atoms with Crippen molar-refractivity contribution in [3.8, 4) is 0 Å². The molecule has 1 heterocycles. The number of likely N-dealkylation sites (tertiary alicyclic amines) is 1. The van der Waals surface area contributed by atoms with E-state index in [-0.39, 0.29) is 0 Å². The summed E-state index contributed by atoms with van der Waals surface area (Å²) in [6.07, 6.45) is 1.23. The third-order valence-electron chi connectivity index (χ3n) is 2.77. The van der Waals surface area contributed by atoms with Crippen molar-refractivity contribution >= 4 is 0 Å². The molecule has 1 N–H and O–H groups in total. The maximum atomic E-state index is 3.61. The van der Waals surface area contributed by atoms with Gasteiger partial charge >= 0.3 is 0 Å². The van der Waals surface area contributed by atoms with Crippen LogP contribution in [-0.4, -0.2) is 36.1 Å². The normalized spacial score (nSPS) is 22.8. The Morgan fingerprint density at radius 3 is 2.33 bits per heavy atom. The third-order valence-corrected chi connectivity index (χ3v) is 2.77. The van der Waals surface area contributed by atoms with E-state index in [1.807, 2.05) is 0 Å². The van der Waals surface area contributed by atoms with E-state index in [2.05, 4.69) is 37.9 Å². The van der Waals surface area contributed by atoms with E-state index < -0.39 is 0 Å². The molecule has 0 amide bonds. The average Bonchev–Trinajstić information content (AvgIpc) is 1.94. The minimum absolute atomic E-state index is 0.685. The first kappa shape index (κ1) is 10.0. The van der Waals surface area contributed by atoms with E-state index >= 15 is 0 Å². The molecule has 0 saturated carbocycles. The van der Waals surface area contributed by atoms with Gasteiger partial charge in [0, 0.05) is 31.2 Å². The predicted octanol–water partition coefficient (Wildman–Crippen LogP) is 1.47. The Kier molecular flexibility index (Phi) is 3.53. The van der Waals surface area contributed by atoms with Gasteiger partial charge in [0.1, 0.15) is 0 Å². The molecule has 1 rings (SSSR count). The largest absolute Gasteiger partial charge is 0.309 e. The van der Waals surface area contributed by atoms with Crippen LogP contribution in [0.25, 0.3) is 0 Å². The maximum Gasteiger partial charge on any atom is 0.0325 e. The van der Waals surface area contributed by atoms with Gasteiger partial charge in [-0.1, -0.05) is 6.92 Å². The van der Waals surface area contributed by atoms with Crippen LogP contribution in [0.2, 0.25) is 0 Å². The van der Waals surface area contributed by atoms with Gasteiger partial charge < -0.3 is 5.32 Å². The van der Waals surface area contributed by atoms with Crippen molar-refractivity contribution in [1.82, 2.24) is 10.2 Å². The van der Waals surface area contributed by atoms with Gasteiger partial charge in [-0.05, 0) is 27.2 Å². The van der Waals surface area contributed by atoms with Gasteiger partial charge in [0.15, 0.2) is 0 Å². The highest BCUT2D eigenvalue weighted by molar-refractivity contribution is 4.88. The van der Waals surface area contributed by atoms with Gasteiger partial charge in [-0.3, -0.25) is 4.90 Å². The molecule has 72 valence electrons. The average molecular weight is 170 g/mol. The molecule has 2 nitrogen and oxygen atoms in total. The van der Waals surface area contributed by atoms with E-state index in [1.54, 1.807) is 0 Å². The van der Waals surface area contributed by atoms with Gasteiger partial charge in [-0.15, -0.1) is 0 Å². The summed E-state index contributed by atoms with van der Waals surface area (Å²) in [5.41, 5.74) is 0. The summed E-state index contributed by atoms with van der Waals surface area (Å²) in [5.74, 6) is 0. The topological polar surface area (TPSA) is 15.3 Å². The van der Waals surface area contributed by atoms with Crippen LogP contribution in [-0.2, 0) is 0 Å². The number of nitrogens with zero attached hydrogens (tertiary/aromatic N) is 1. The lowest BCUT2D eigenvalue weighted by atomic mass is 10.1. The highest BCUT2D eigenvalue weighted by atomic mass is 15.3. The van der Waals surface area contributed by atoms with Crippen LogP contribution in [0.1, 0.15) is 34.1 Å². The van der Waals surface area contributed by atoms with Crippen molar-refractivity contribution < 1.29 is 0 Å².